The topological polar surface area (TPSA) is 69.2 Å². The second-order valence-corrected chi connectivity index (χ2v) is 7.38. The fourth-order valence-electron chi connectivity index (χ4n) is 2.47. The number of rotatable bonds is 9. The van der Waals surface area contributed by atoms with Crippen LogP contribution in [-0.2, 0) is 16.2 Å². The Balaban J connectivity index is 2.23. The summed E-state index contributed by atoms with van der Waals surface area (Å²) in [6, 6.07) is 10.6. The Labute approximate surface area is 180 Å². The van der Waals surface area contributed by atoms with Crippen molar-refractivity contribution in [1.29, 1.82) is 0 Å². The molecule has 0 atom stereocenters. The molecule has 0 heterocycles. The summed E-state index contributed by atoms with van der Waals surface area (Å²) in [6.45, 7) is 4.76. The lowest BCUT2D eigenvalue weighted by molar-refractivity contribution is -0.114. The van der Waals surface area contributed by atoms with Gasteiger partial charge in [0.2, 0.25) is 0 Å². The number of hydrogen-bond donors (Lipinski definition) is 1. The number of likely N-dealkylation sites (N-methyl/N-ethyl adjacent to an activating group) is 1. The molecule has 0 aliphatic carbocycles. The van der Waals surface area contributed by atoms with Gasteiger partial charge in [0, 0.05) is 24.7 Å². The van der Waals surface area contributed by atoms with E-state index in [1.54, 1.807) is 18.2 Å². The summed E-state index contributed by atoms with van der Waals surface area (Å²) >= 11 is 12.6. The molecule has 156 valence electrons. The van der Waals surface area contributed by atoms with E-state index in [9.17, 15) is 4.79 Å². The average Bonchev–Trinajstić information content (AvgIpc) is 2.69. The van der Waals surface area contributed by atoms with Gasteiger partial charge in [-0.3, -0.25) is 4.79 Å². The molecule has 1 amide bonds. The fraction of sp³-hybridized carbons (Fsp3) is 0.333. The van der Waals surface area contributed by atoms with Crippen molar-refractivity contribution in [3.63, 3.8) is 0 Å². The zero-order chi connectivity index (χ0) is 21.4. The predicted molar refractivity (Wildman–Crippen MR) is 115 cm³/mol. The zero-order valence-electron chi connectivity index (χ0n) is 16.8. The number of carbonyl (C=O) groups is 1. The van der Waals surface area contributed by atoms with Crippen LogP contribution in [0.5, 0.6) is 11.5 Å². The van der Waals surface area contributed by atoms with Crippen LogP contribution >= 0.6 is 23.2 Å². The third-order valence-corrected chi connectivity index (χ3v) is 4.39. The molecule has 0 aliphatic rings. The molecule has 8 heteroatoms. The van der Waals surface area contributed by atoms with E-state index in [0.717, 1.165) is 5.56 Å². The number of benzene rings is 2. The maximum atomic E-state index is 12.2. The summed E-state index contributed by atoms with van der Waals surface area (Å²) in [7, 11) is 2.91. The van der Waals surface area contributed by atoms with E-state index in [2.05, 4.69) is 10.5 Å². The highest BCUT2D eigenvalue weighted by Gasteiger charge is 2.18. The fourth-order valence-corrected chi connectivity index (χ4v) is 3.04. The number of oxime groups is 1. The molecule has 0 bridgehead atoms. The van der Waals surface area contributed by atoms with Crippen molar-refractivity contribution >= 4 is 34.8 Å². The van der Waals surface area contributed by atoms with Gasteiger partial charge < -0.3 is 19.6 Å². The van der Waals surface area contributed by atoms with Gasteiger partial charge in [-0.05, 0) is 11.5 Å². The highest BCUT2D eigenvalue weighted by molar-refractivity contribution is 6.45. The Morgan fingerprint density at radius 3 is 2.38 bits per heavy atom. The molecule has 0 unspecified atom stereocenters. The van der Waals surface area contributed by atoms with Crippen molar-refractivity contribution in [3.8, 4) is 11.5 Å². The number of nitrogens with one attached hydrogen (secondary N) is 1. The molecule has 0 spiro atoms. The maximum absolute atomic E-state index is 12.2. The van der Waals surface area contributed by atoms with E-state index >= 15 is 0 Å². The molecule has 2 rings (SSSR count). The lowest BCUT2D eigenvalue weighted by Crippen LogP contribution is -2.29. The molecule has 0 radical (unpaired) electrons. The minimum Gasteiger partial charge on any atom is -0.490 e. The summed E-state index contributed by atoms with van der Waals surface area (Å²) < 4.78 is 11.5. The number of halogens is 2. The zero-order valence-corrected chi connectivity index (χ0v) is 18.3. The summed E-state index contributed by atoms with van der Waals surface area (Å²) in [5.41, 5.74) is 1.50. The summed E-state index contributed by atoms with van der Waals surface area (Å²) in [6.07, 6.45) is 0. The minimum atomic E-state index is -0.364. The Hall–Kier alpha value is -2.44. The first-order valence-electron chi connectivity index (χ1n) is 9.03. The van der Waals surface area contributed by atoms with Crippen LogP contribution in [0.4, 0.5) is 0 Å². The van der Waals surface area contributed by atoms with Crippen molar-refractivity contribution in [2.45, 2.75) is 20.5 Å². The van der Waals surface area contributed by atoms with Gasteiger partial charge in [-0.1, -0.05) is 66.5 Å². The molecule has 1 N–H and O–H groups in total. The first kappa shape index (κ1) is 22.8. The van der Waals surface area contributed by atoms with E-state index in [4.69, 9.17) is 37.5 Å². The van der Waals surface area contributed by atoms with Crippen molar-refractivity contribution in [2.24, 2.45) is 11.1 Å². The molecule has 29 heavy (non-hydrogen) atoms. The summed E-state index contributed by atoms with van der Waals surface area (Å²) in [5.74, 6) is 0.899. The Kier molecular flexibility index (Phi) is 8.61. The Bertz CT molecular complexity index is 862. The first-order chi connectivity index (χ1) is 13.9. The molecule has 0 aliphatic heterocycles. The van der Waals surface area contributed by atoms with Gasteiger partial charge in [-0.15, -0.1) is 0 Å². The smallest absolute Gasteiger partial charge is 0.273 e. The quantitative estimate of drug-likeness (QED) is 0.454. The second-order valence-electron chi connectivity index (χ2n) is 6.57. The minimum absolute atomic E-state index is 0.155. The van der Waals surface area contributed by atoms with Gasteiger partial charge in [-0.25, -0.2) is 0 Å². The third kappa shape index (κ3) is 6.27. The predicted octanol–water partition coefficient (Wildman–Crippen LogP) is 4.70. The summed E-state index contributed by atoms with van der Waals surface area (Å²) in [5, 5.41) is 7.13. The third-order valence-electron chi connectivity index (χ3n) is 3.82. The Morgan fingerprint density at radius 2 is 1.79 bits per heavy atom. The summed E-state index contributed by atoms with van der Waals surface area (Å²) in [4.78, 5) is 17.0. The average molecular weight is 439 g/mol. The molecule has 2 aromatic rings. The molecule has 0 saturated heterocycles. The normalized spacial score (nSPS) is 11.3. The first-order valence-corrected chi connectivity index (χ1v) is 9.79. The van der Waals surface area contributed by atoms with Gasteiger partial charge >= 0.3 is 0 Å². The van der Waals surface area contributed by atoms with Crippen molar-refractivity contribution < 1.29 is 19.1 Å². The highest BCUT2D eigenvalue weighted by atomic mass is 35.5. The number of nitrogens with zero attached hydrogens (tertiary/aromatic N) is 1. The van der Waals surface area contributed by atoms with Crippen molar-refractivity contribution in [1.82, 2.24) is 5.32 Å². The lowest BCUT2D eigenvalue weighted by Gasteiger charge is -2.15. The second kappa shape index (κ2) is 10.9. The SMILES string of the molecule is CNC(=O)C(=NOC)c1ccccc1COc1cc(Cl)c(OCC(C)C)c(Cl)c1. The van der Waals surface area contributed by atoms with E-state index in [-0.39, 0.29) is 18.2 Å². The molecule has 0 aromatic heterocycles. The van der Waals surface area contributed by atoms with E-state index < -0.39 is 0 Å². The molecule has 0 fully saturated rings. The van der Waals surface area contributed by atoms with Gasteiger partial charge in [0.15, 0.2) is 11.5 Å². The number of ether oxygens (including phenoxy) is 2. The van der Waals surface area contributed by atoms with E-state index in [0.29, 0.717) is 39.6 Å². The maximum Gasteiger partial charge on any atom is 0.273 e. The monoisotopic (exact) mass is 438 g/mol. The van der Waals surface area contributed by atoms with Crippen LogP contribution in [0.2, 0.25) is 10.0 Å². The van der Waals surface area contributed by atoms with Gasteiger partial charge in [-0.2, -0.15) is 0 Å². The van der Waals surface area contributed by atoms with Crippen LogP contribution in [0.1, 0.15) is 25.0 Å². The standard InChI is InChI=1S/C21H24Cl2N2O4/c1-13(2)11-29-20-17(22)9-15(10-18(20)23)28-12-14-7-5-6-8-16(14)19(25-27-4)21(26)24-3/h5-10,13H,11-12H2,1-4H3,(H,24,26). The van der Waals surface area contributed by atoms with Crippen LogP contribution in [0.3, 0.4) is 0 Å². The van der Waals surface area contributed by atoms with Crippen LogP contribution in [-0.4, -0.2) is 32.4 Å². The molecule has 0 saturated carbocycles. The molecular formula is C21H24Cl2N2O4. The lowest BCUT2D eigenvalue weighted by atomic mass is 10.0. The highest BCUT2D eigenvalue weighted by Crippen LogP contribution is 2.37. The van der Waals surface area contributed by atoms with Crippen molar-refractivity contribution in [2.75, 3.05) is 20.8 Å². The largest absolute Gasteiger partial charge is 0.490 e. The van der Waals surface area contributed by atoms with Gasteiger partial charge in [0.25, 0.3) is 5.91 Å². The van der Waals surface area contributed by atoms with Crippen LogP contribution in [0, 0.1) is 5.92 Å². The van der Waals surface area contributed by atoms with Crippen LogP contribution in [0.25, 0.3) is 0 Å². The van der Waals surface area contributed by atoms with E-state index in [1.807, 2.05) is 32.0 Å². The van der Waals surface area contributed by atoms with E-state index in [1.165, 1.54) is 14.2 Å². The molecular weight excluding hydrogens is 415 g/mol. The Morgan fingerprint density at radius 1 is 1.14 bits per heavy atom. The van der Waals surface area contributed by atoms with Crippen molar-refractivity contribution in [3.05, 3.63) is 57.6 Å². The number of hydrogen-bond acceptors (Lipinski definition) is 5. The number of amides is 1. The molecule has 6 nitrogen and oxygen atoms in total. The van der Waals surface area contributed by atoms with Gasteiger partial charge in [0.05, 0.1) is 16.7 Å². The van der Waals surface area contributed by atoms with Gasteiger partial charge in [0.1, 0.15) is 19.5 Å². The number of carbonyl (C=O) groups excluding carboxylic acids is 1. The molecule has 2 aromatic carbocycles. The van der Waals surface area contributed by atoms with Crippen LogP contribution < -0.4 is 14.8 Å². The van der Waals surface area contributed by atoms with Crippen LogP contribution in [0.15, 0.2) is 41.6 Å².